The van der Waals surface area contributed by atoms with E-state index in [1.54, 1.807) is 0 Å². The minimum absolute atomic E-state index is 0.126. The van der Waals surface area contributed by atoms with E-state index < -0.39 is 0 Å². The van der Waals surface area contributed by atoms with Gasteiger partial charge in [0.25, 0.3) is 0 Å². The lowest BCUT2D eigenvalue weighted by Crippen LogP contribution is -2.47. The number of likely N-dealkylation sites (tertiary alicyclic amines) is 1. The molecule has 1 saturated carbocycles. The average Bonchev–Trinajstić information content (AvgIpc) is 2.87. The second-order valence-electron chi connectivity index (χ2n) is 5.50. The Balaban J connectivity index is 1.92. The highest BCUT2D eigenvalue weighted by Crippen LogP contribution is 2.47. The van der Waals surface area contributed by atoms with Crippen LogP contribution in [0.2, 0.25) is 0 Å². The number of rotatable bonds is 4. The maximum absolute atomic E-state index is 12.1. The number of amides is 2. The van der Waals surface area contributed by atoms with Crippen LogP contribution >= 0.6 is 0 Å². The Hall–Kier alpha value is -0.770. The van der Waals surface area contributed by atoms with Gasteiger partial charge in [0, 0.05) is 24.5 Å². The molecule has 0 spiro atoms. The minimum atomic E-state index is 0.126. The van der Waals surface area contributed by atoms with E-state index in [2.05, 4.69) is 12.2 Å². The number of fused-ring (bicyclic) bond motifs is 1. The van der Waals surface area contributed by atoms with E-state index in [0.29, 0.717) is 6.04 Å². The van der Waals surface area contributed by atoms with Crippen molar-refractivity contribution in [2.24, 2.45) is 11.1 Å². The number of unbranched alkanes of at least 4 members (excludes halogenated alkanes) is 1. The van der Waals surface area contributed by atoms with Gasteiger partial charge in [-0.15, -0.1) is 0 Å². The van der Waals surface area contributed by atoms with Gasteiger partial charge in [0.15, 0.2) is 0 Å². The minimum Gasteiger partial charge on any atom is -0.338 e. The van der Waals surface area contributed by atoms with Crippen LogP contribution in [0.25, 0.3) is 0 Å². The quantitative estimate of drug-likeness (QED) is 0.734. The first-order valence-corrected chi connectivity index (χ1v) is 6.98. The van der Waals surface area contributed by atoms with Crippen LogP contribution in [0.4, 0.5) is 4.79 Å². The zero-order valence-corrected chi connectivity index (χ0v) is 10.9. The standard InChI is InChI=1S/C13H25N3O/c1-2-3-8-15-12(17)16-9-7-13(10-14)6-4-5-11(13)16/h11H,2-10,14H2,1H3,(H,15,17)/t11-,13-/m0/s1. The molecule has 2 fully saturated rings. The van der Waals surface area contributed by atoms with Crippen LogP contribution in [-0.4, -0.2) is 36.6 Å². The molecule has 4 nitrogen and oxygen atoms in total. The summed E-state index contributed by atoms with van der Waals surface area (Å²) in [5.41, 5.74) is 6.17. The molecule has 1 heterocycles. The van der Waals surface area contributed by atoms with E-state index in [0.717, 1.165) is 45.3 Å². The lowest BCUT2D eigenvalue weighted by molar-refractivity contribution is 0.173. The molecule has 2 atom stereocenters. The molecule has 4 heteroatoms. The number of carbonyl (C=O) groups excluding carboxylic acids is 1. The first kappa shape index (κ1) is 12.7. The van der Waals surface area contributed by atoms with Crippen molar-refractivity contribution in [1.82, 2.24) is 10.2 Å². The Morgan fingerprint density at radius 2 is 2.35 bits per heavy atom. The lowest BCUT2D eigenvalue weighted by atomic mass is 9.82. The summed E-state index contributed by atoms with van der Waals surface area (Å²) in [6.45, 7) is 4.56. The van der Waals surface area contributed by atoms with Crippen LogP contribution in [0.5, 0.6) is 0 Å². The first-order chi connectivity index (χ1) is 8.23. The van der Waals surface area contributed by atoms with Crippen LogP contribution < -0.4 is 11.1 Å². The van der Waals surface area contributed by atoms with E-state index in [9.17, 15) is 4.79 Å². The van der Waals surface area contributed by atoms with Crippen LogP contribution in [0.3, 0.4) is 0 Å². The van der Waals surface area contributed by atoms with Crippen molar-refractivity contribution in [3.63, 3.8) is 0 Å². The highest BCUT2D eigenvalue weighted by molar-refractivity contribution is 5.75. The Kier molecular flexibility index (Phi) is 3.92. The average molecular weight is 239 g/mol. The third-order valence-electron chi connectivity index (χ3n) is 4.56. The predicted octanol–water partition coefficient (Wildman–Crippen LogP) is 1.70. The van der Waals surface area contributed by atoms with Gasteiger partial charge in [-0.1, -0.05) is 19.8 Å². The molecule has 0 aromatic heterocycles. The summed E-state index contributed by atoms with van der Waals surface area (Å²) < 4.78 is 0. The molecule has 3 N–H and O–H groups in total. The molecule has 0 bridgehead atoms. The maximum atomic E-state index is 12.1. The van der Waals surface area contributed by atoms with Crippen molar-refractivity contribution in [2.75, 3.05) is 19.6 Å². The van der Waals surface area contributed by atoms with Gasteiger partial charge in [0.1, 0.15) is 0 Å². The van der Waals surface area contributed by atoms with Gasteiger partial charge in [-0.25, -0.2) is 4.79 Å². The van der Waals surface area contributed by atoms with Gasteiger partial charge in [-0.05, 0) is 32.2 Å². The van der Waals surface area contributed by atoms with E-state index in [-0.39, 0.29) is 11.4 Å². The summed E-state index contributed by atoms with van der Waals surface area (Å²) in [6, 6.07) is 0.523. The second-order valence-corrected chi connectivity index (χ2v) is 5.50. The first-order valence-electron chi connectivity index (χ1n) is 6.98. The van der Waals surface area contributed by atoms with E-state index in [1.807, 2.05) is 4.90 Å². The molecule has 2 rings (SSSR count). The molecule has 2 aliphatic rings. The van der Waals surface area contributed by atoms with Crippen molar-refractivity contribution in [2.45, 2.75) is 51.5 Å². The van der Waals surface area contributed by atoms with Gasteiger partial charge >= 0.3 is 6.03 Å². The topological polar surface area (TPSA) is 58.4 Å². The summed E-state index contributed by atoms with van der Waals surface area (Å²) in [5.74, 6) is 0. The largest absolute Gasteiger partial charge is 0.338 e. The molecule has 0 unspecified atom stereocenters. The van der Waals surface area contributed by atoms with Gasteiger partial charge < -0.3 is 16.0 Å². The van der Waals surface area contributed by atoms with Gasteiger partial charge in [0.05, 0.1) is 0 Å². The molecule has 1 aliphatic heterocycles. The predicted molar refractivity (Wildman–Crippen MR) is 68.8 cm³/mol. The van der Waals surface area contributed by atoms with Crippen molar-refractivity contribution in [3.8, 4) is 0 Å². The monoisotopic (exact) mass is 239 g/mol. The van der Waals surface area contributed by atoms with Gasteiger partial charge in [-0.3, -0.25) is 0 Å². The summed E-state index contributed by atoms with van der Waals surface area (Å²) in [6.07, 6.45) is 6.84. The molecule has 0 aromatic rings. The highest BCUT2D eigenvalue weighted by atomic mass is 16.2. The fourth-order valence-electron chi connectivity index (χ4n) is 3.45. The van der Waals surface area contributed by atoms with Crippen LogP contribution in [0, 0.1) is 5.41 Å². The van der Waals surface area contributed by atoms with Crippen molar-refractivity contribution in [3.05, 3.63) is 0 Å². The molecule has 0 radical (unpaired) electrons. The molecular formula is C13H25N3O. The Labute approximate surface area is 104 Å². The van der Waals surface area contributed by atoms with Crippen molar-refractivity contribution < 1.29 is 4.79 Å². The molecule has 2 amide bonds. The summed E-state index contributed by atoms with van der Waals surface area (Å²) in [7, 11) is 0. The number of hydrogen-bond donors (Lipinski definition) is 2. The molecule has 98 valence electrons. The molecule has 0 aromatic carbocycles. The number of carbonyl (C=O) groups is 1. The van der Waals surface area contributed by atoms with Gasteiger partial charge in [-0.2, -0.15) is 0 Å². The Morgan fingerprint density at radius 3 is 3.06 bits per heavy atom. The second kappa shape index (κ2) is 5.25. The van der Waals surface area contributed by atoms with E-state index in [1.165, 1.54) is 12.8 Å². The van der Waals surface area contributed by atoms with Crippen molar-refractivity contribution >= 4 is 6.03 Å². The van der Waals surface area contributed by atoms with Crippen LogP contribution in [0.15, 0.2) is 0 Å². The Bertz CT molecular complexity index is 282. The molecular weight excluding hydrogens is 214 g/mol. The van der Waals surface area contributed by atoms with Crippen LogP contribution in [-0.2, 0) is 0 Å². The Morgan fingerprint density at radius 1 is 1.53 bits per heavy atom. The van der Waals surface area contributed by atoms with Crippen LogP contribution in [0.1, 0.15) is 45.4 Å². The molecule has 1 saturated heterocycles. The molecule has 17 heavy (non-hydrogen) atoms. The fourth-order valence-corrected chi connectivity index (χ4v) is 3.45. The van der Waals surface area contributed by atoms with Crippen molar-refractivity contribution in [1.29, 1.82) is 0 Å². The molecule has 1 aliphatic carbocycles. The zero-order chi connectivity index (χ0) is 12.3. The fraction of sp³-hybridized carbons (Fsp3) is 0.923. The normalized spacial score (nSPS) is 31.6. The number of urea groups is 1. The number of nitrogens with zero attached hydrogens (tertiary/aromatic N) is 1. The SMILES string of the molecule is CCCCNC(=O)N1CC[C@]2(CN)CCC[C@H]12. The smallest absolute Gasteiger partial charge is 0.317 e. The summed E-state index contributed by atoms with van der Waals surface area (Å²) >= 11 is 0. The van der Waals surface area contributed by atoms with E-state index in [4.69, 9.17) is 5.73 Å². The summed E-state index contributed by atoms with van der Waals surface area (Å²) in [5, 5.41) is 3.03. The zero-order valence-electron chi connectivity index (χ0n) is 10.9. The number of nitrogens with two attached hydrogens (primary N) is 1. The third kappa shape index (κ3) is 2.28. The van der Waals surface area contributed by atoms with E-state index >= 15 is 0 Å². The van der Waals surface area contributed by atoms with Gasteiger partial charge in [0.2, 0.25) is 0 Å². The number of hydrogen-bond acceptors (Lipinski definition) is 2. The third-order valence-corrected chi connectivity index (χ3v) is 4.56. The summed E-state index contributed by atoms with van der Waals surface area (Å²) in [4.78, 5) is 14.1. The maximum Gasteiger partial charge on any atom is 0.317 e. The lowest BCUT2D eigenvalue weighted by Gasteiger charge is -2.31. The highest BCUT2D eigenvalue weighted by Gasteiger charge is 2.50. The number of nitrogens with one attached hydrogen (secondary N) is 1.